The summed E-state index contributed by atoms with van der Waals surface area (Å²) in [7, 11) is 1.65. The van der Waals surface area contributed by atoms with Crippen LogP contribution in [0.4, 0.5) is 0 Å². The Morgan fingerprint density at radius 1 is 1.20 bits per heavy atom. The van der Waals surface area contributed by atoms with Crippen LogP contribution in [-0.4, -0.2) is 43.7 Å². The molecule has 1 fully saturated rings. The summed E-state index contributed by atoms with van der Waals surface area (Å²) in [5.74, 6) is 3.20. The molecule has 1 N–H and O–H groups in total. The van der Waals surface area contributed by atoms with Gasteiger partial charge in [-0.1, -0.05) is 6.07 Å². The predicted molar refractivity (Wildman–Crippen MR) is 112 cm³/mol. The monoisotopic (exact) mass is 414 g/mol. The maximum absolute atomic E-state index is 13.0. The molecular weight excluding hydrogens is 384 g/mol. The second-order valence-corrected chi connectivity index (χ2v) is 7.94. The molecule has 2 aliphatic rings. The van der Waals surface area contributed by atoms with E-state index in [0.717, 1.165) is 48.0 Å². The molecule has 7 nitrogen and oxygen atoms in total. The van der Waals surface area contributed by atoms with Crippen molar-refractivity contribution in [1.82, 2.24) is 10.2 Å². The minimum absolute atomic E-state index is 0.00737. The summed E-state index contributed by atoms with van der Waals surface area (Å²) < 4.78 is 22.3. The molecule has 1 aromatic carbocycles. The molecule has 2 aromatic rings. The second kappa shape index (κ2) is 9.10. The number of ether oxygens (including phenoxy) is 3. The summed E-state index contributed by atoms with van der Waals surface area (Å²) in [6.07, 6.45) is 2.02. The molecule has 4 rings (SSSR count). The lowest BCUT2D eigenvalue weighted by atomic mass is 10.1. The minimum Gasteiger partial charge on any atom is -0.486 e. The van der Waals surface area contributed by atoms with Crippen LogP contribution in [0.1, 0.15) is 55.9 Å². The number of benzene rings is 1. The van der Waals surface area contributed by atoms with E-state index in [1.54, 1.807) is 7.11 Å². The van der Waals surface area contributed by atoms with E-state index in [9.17, 15) is 4.79 Å². The van der Waals surface area contributed by atoms with E-state index in [2.05, 4.69) is 10.2 Å². The van der Waals surface area contributed by atoms with E-state index in [4.69, 9.17) is 18.6 Å². The quantitative estimate of drug-likeness (QED) is 0.746. The van der Waals surface area contributed by atoms with Gasteiger partial charge >= 0.3 is 0 Å². The SMILES string of the molecule is COCc1ccc(C2CCCN2C(C)C(=O)NC(C)c2ccc3c(c2)OCCO3)o1. The largest absolute Gasteiger partial charge is 0.486 e. The number of nitrogens with one attached hydrogen (secondary N) is 1. The number of likely N-dealkylation sites (tertiary alicyclic amines) is 1. The number of amides is 1. The Balaban J connectivity index is 1.41. The molecule has 2 aliphatic heterocycles. The average Bonchev–Trinajstić information content (AvgIpc) is 3.42. The first-order valence-corrected chi connectivity index (χ1v) is 10.6. The number of rotatable bonds is 7. The van der Waals surface area contributed by atoms with Gasteiger partial charge in [0.05, 0.1) is 18.1 Å². The van der Waals surface area contributed by atoms with E-state index in [0.29, 0.717) is 19.8 Å². The number of hydrogen-bond acceptors (Lipinski definition) is 6. The third kappa shape index (κ3) is 4.32. The van der Waals surface area contributed by atoms with Crippen LogP contribution >= 0.6 is 0 Å². The zero-order valence-electron chi connectivity index (χ0n) is 17.8. The molecule has 3 unspecified atom stereocenters. The van der Waals surface area contributed by atoms with Crippen molar-refractivity contribution >= 4 is 5.91 Å². The van der Waals surface area contributed by atoms with Crippen LogP contribution in [0.15, 0.2) is 34.7 Å². The Labute approximate surface area is 177 Å². The number of furan rings is 1. The van der Waals surface area contributed by atoms with Crippen molar-refractivity contribution in [2.24, 2.45) is 0 Å². The number of fused-ring (bicyclic) bond motifs is 1. The zero-order chi connectivity index (χ0) is 21.1. The first-order chi connectivity index (χ1) is 14.6. The Hall–Kier alpha value is -2.51. The van der Waals surface area contributed by atoms with Crippen LogP contribution in [0.2, 0.25) is 0 Å². The van der Waals surface area contributed by atoms with Gasteiger partial charge in [-0.25, -0.2) is 0 Å². The van der Waals surface area contributed by atoms with E-state index in [1.807, 2.05) is 44.2 Å². The van der Waals surface area contributed by atoms with Gasteiger partial charge < -0.3 is 23.9 Å². The molecule has 7 heteroatoms. The van der Waals surface area contributed by atoms with E-state index < -0.39 is 0 Å². The van der Waals surface area contributed by atoms with Gasteiger partial charge in [-0.05, 0) is 63.1 Å². The lowest BCUT2D eigenvalue weighted by molar-refractivity contribution is -0.127. The Morgan fingerprint density at radius 3 is 2.80 bits per heavy atom. The van der Waals surface area contributed by atoms with Gasteiger partial charge in [0.15, 0.2) is 11.5 Å². The molecule has 1 saturated heterocycles. The average molecular weight is 415 g/mol. The smallest absolute Gasteiger partial charge is 0.237 e. The predicted octanol–water partition coefficient (Wildman–Crippen LogP) is 3.60. The Bertz CT molecular complexity index is 880. The minimum atomic E-state index is -0.256. The highest BCUT2D eigenvalue weighted by molar-refractivity contribution is 5.81. The van der Waals surface area contributed by atoms with Gasteiger partial charge in [0.1, 0.15) is 31.3 Å². The highest BCUT2D eigenvalue weighted by Gasteiger charge is 2.35. The highest BCUT2D eigenvalue weighted by atomic mass is 16.6. The van der Waals surface area contributed by atoms with Gasteiger partial charge in [0.25, 0.3) is 0 Å². The fourth-order valence-corrected chi connectivity index (χ4v) is 4.25. The lowest BCUT2D eigenvalue weighted by Gasteiger charge is -2.30. The second-order valence-electron chi connectivity index (χ2n) is 7.94. The summed E-state index contributed by atoms with van der Waals surface area (Å²) in [6, 6.07) is 9.50. The first kappa shape index (κ1) is 20.8. The number of nitrogens with zero attached hydrogens (tertiary/aromatic N) is 1. The normalized spacial score (nSPS) is 20.7. The molecule has 1 amide bonds. The molecule has 0 saturated carbocycles. The first-order valence-electron chi connectivity index (χ1n) is 10.6. The van der Waals surface area contributed by atoms with Crippen molar-refractivity contribution < 1.29 is 23.4 Å². The topological polar surface area (TPSA) is 73.2 Å². The molecule has 3 atom stereocenters. The van der Waals surface area contributed by atoms with Gasteiger partial charge in [-0.15, -0.1) is 0 Å². The Kier molecular flexibility index (Phi) is 6.29. The van der Waals surface area contributed by atoms with Crippen LogP contribution in [0, 0.1) is 0 Å². The fourth-order valence-electron chi connectivity index (χ4n) is 4.25. The summed E-state index contributed by atoms with van der Waals surface area (Å²) in [6.45, 7) is 6.39. The van der Waals surface area contributed by atoms with Crippen molar-refractivity contribution in [2.45, 2.75) is 51.4 Å². The molecule has 0 spiro atoms. The number of methoxy groups -OCH3 is 1. The van der Waals surface area contributed by atoms with E-state index in [-0.39, 0.29) is 24.0 Å². The van der Waals surface area contributed by atoms with Gasteiger partial charge in [0, 0.05) is 7.11 Å². The number of carbonyl (C=O) groups excluding carboxylic acids is 1. The summed E-state index contributed by atoms with van der Waals surface area (Å²) in [4.78, 5) is 15.3. The van der Waals surface area contributed by atoms with Crippen molar-refractivity contribution in [3.63, 3.8) is 0 Å². The fraction of sp³-hybridized carbons (Fsp3) is 0.522. The van der Waals surface area contributed by atoms with E-state index in [1.165, 1.54) is 0 Å². The third-order valence-electron chi connectivity index (χ3n) is 5.89. The van der Waals surface area contributed by atoms with Crippen LogP contribution in [0.25, 0.3) is 0 Å². The molecule has 3 heterocycles. The number of hydrogen-bond donors (Lipinski definition) is 1. The summed E-state index contributed by atoms with van der Waals surface area (Å²) in [5, 5.41) is 3.15. The summed E-state index contributed by atoms with van der Waals surface area (Å²) >= 11 is 0. The van der Waals surface area contributed by atoms with Gasteiger partial charge in [-0.3, -0.25) is 9.69 Å². The zero-order valence-corrected chi connectivity index (χ0v) is 17.8. The Morgan fingerprint density at radius 2 is 2.00 bits per heavy atom. The molecule has 0 aliphatic carbocycles. The van der Waals surface area contributed by atoms with E-state index >= 15 is 0 Å². The molecule has 162 valence electrons. The summed E-state index contributed by atoms with van der Waals surface area (Å²) in [5.41, 5.74) is 0.994. The van der Waals surface area contributed by atoms with Crippen LogP contribution < -0.4 is 14.8 Å². The van der Waals surface area contributed by atoms with Crippen LogP contribution in [0.3, 0.4) is 0 Å². The van der Waals surface area contributed by atoms with Crippen molar-refractivity contribution in [1.29, 1.82) is 0 Å². The number of carbonyl (C=O) groups is 1. The van der Waals surface area contributed by atoms with Gasteiger partial charge in [-0.2, -0.15) is 0 Å². The molecule has 0 bridgehead atoms. The van der Waals surface area contributed by atoms with Crippen LogP contribution in [0.5, 0.6) is 11.5 Å². The molecular formula is C23H30N2O5. The lowest BCUT2D eigenvalue weighted by Crippen LogP contribution is -2.45. The van der Waals surface area contributed by atoms with Crippen molar-refractivity contribution in [2.75, 3.05) is 26.9 Å². The maximum atomic E-state index is 13.0. The van der Waals surface area contributed by atoms with Gasteiger partial charge in [0.2, 0.25) is 5.91 Å². The third-order valence-corrected chi connectivity index (χ3v) is 5.89. The van der Waals surface area contributed by atoms with Crippen molar-refractivity contribution in [3.05, 3.63) is 47.4 Å². The molecule has 0 radical (unpaired) electrons. The van der Waals surface area contributed by atoms with Crippen molar-refractivity contribution in [3.8, 4) is 11.5 Å². The maximum Gasteiger partial charge on any atom is 0.237 e. The highest BCUT2D eigenvalue weighted by Crippen LogP contribution is 2.35. The molecule has 1 aromatic heterocycles. The molecule has 30 heavy (non-hydrogen) atoms. The standard InChI is InChI=1S/C23H30N2O5/c1-15(17-6-8-21-22(13-17)29-12-11-28-21)24-23(26)16(2)25-10-4-5-19(25)20-9-7-18(30-20)14-27-3/h6-9,13,15-16,19H,4-5,10-12,14H2,1-3H3,(H,24,26). The van der Waals surface area contributed by atoms with Crippen LogP contribution in [-0.2, 0) is 16.1 Å².